The van der Waals surface area contributed by atoms with Crippen molar-refractivity contribution in [1.82, 2.24) is 20.2 Å². The molecule has 0 saturated carbocycles. The quantitative estimate of drug-likeness (QED) is 0.574. The standard InChI is InChI=1S/C15H9FN4/c16-11-3-1-2-9(4-11)15-8-17-13-6-12-10(7-18-20-12)5-14(13)19-15/h1-8H,(H,18,20). The van der Waals surface area contributed by atoms with Gasteiger partial charge in [0.2, 0.25) is 0 Å². The van der Waals surface area contributed by atoms with Gasteiger partial charge in [-0.3, -0.25) is 10.1 Å². The first-order chi connectivity index (χ1) is 9.79. The van der Waals surface area contributed by atoms with Crippen LogP contribution in [-0.4, -0.2) is 20.2 Å². The molecule has 0 aliphatic heterocycles. The first kappa shape index (κ1) is 11.0. The number of fused-ring (bicyclic) bond motifs is 2. The summed E-state index contributed by atoms with van der Waals surface area (Å²) in [6.45, 7) is 0. The van der Waals surface area contributed by atoms with Crippen LogP contribution in [0.2, 0.25) is 0 Å². The number of benzene rings is 2. The van der Waals surface area contributed by atoms with Crippen molar-refractivity contribution in [1.29, 1.82) is 0 Å². The predicted octanol–water partition coefficient (Wildman–Crippen LogP) is 3.31. The van der Waals surface area contributed by atoms with E-state index in [1.807, 2.05) is 18.2 Å². The van der Waals surface area contributed by atoms with Crippen LogP contribution < -0.4 is 0 Å². The van der Waals surface area contributed by atoms with Crippen molar-refractivity contribution in [3.05, 3.63) is 54.6 Å². The molecular weight excluding hydrogens is 255 g/mol. The highest BCUT2D eigenvalue weighted by molar-refractivity contribution is 5.92. The Morgan fingerprint density at radius 2 is 1.95 bits per heavy atom. The number of H-pyrrole nitrogens is 1. The molecule has 4 aromatic rings. The molecule has 1 N–H and O–H groups in total. The first-order valence-corrected chi connectivity index (χ1v) is 6.15. The van der Waals surface area contributed by atoms with E-state index >= 15 is 0 Å². The largest absolute Gasteiger partial charge is 0.278 e. The van der Waals surface area contributed by atoms with E-state index in [1.54, 1.807) is 18.5 Å². The van der Waals surface area contributed by atoms with Crippen molar-refractivity contribution in [3.8, 4) is 11.3 Å². The highest BCUT2D eigenvalue weighted by atomic mass is 19.1. The first-order valence-electron chi connectivity index (χ1n) is 6.15. The Kier molecular flexibility index (Phi) is 2.26. The van der Waals surface area contributed by atoms with Gasteiger partial charge >= 0.3 is 0 Å². The van der Waals surface area contributed by atoms with Gasteiger partial charge in [0.25, 0.3) is 0 Å². The molecule has 0 spiro atoms. The zero-order valence-corrected chi connectivity index (χ0v) is 10.3. The topological polar surface area (TPSA) is 54.5 Å². The van der Waals surface area contributed by atoms with Crippen LogP contribution in [0.25, 0.3) is 33.2 Å². The van der Waals surface area contributed by atoms with Crippen LogP contribution in [0.5, 0.6) is 0 Å². The minimum atomic E-state index is -0.283. The third-order valence-corrected chi connectivity index (χ3v) is 3.22. The number of aromatic amines is 1. The molecule has 0 unspecified atom stereocenters. The summed E-state index contributed by atoms with van der Waals surface area (Å²) < 4.78 is 13.3. The summed E-state index contributed by atoms with van der Waals surface area (Å²) in [5, 5.41) is 7.86. The summed E-state index contributed by atoms with van der Waals surface area (Å²) in [7, 11) is 0. The molecule has 4 nitrogen and oxygen atoms in total. The van der Waals surface area contributed by atoms with Crippen molar-refractivity contribution in [2.24, 2.45) is 0 Å². The van der Waals surface area contributed by atoms with Gasteiger partial charge in [-0.1, -0.05) is 12.1 Å². The van der Waals surface area contributed by atoms with E-state index in [4.69, 9.17) is 0 Å². The molecule has 0 radical (unpaired) electrons. The van der Waals surface area contributed by atoms with Crippen LogP contribution in [0.4, 0.5) is 4.39 Å². The fourth-order valence-electron chi connectivity index (χ4n) is 2.24. The van der Waals surface area contributed by atoms with Crippen LogP contribution in [-0.2, 0) is 0 Å². The molecule has 2 aromatic carbocycles. The van der Waals surface area contributed by atoms with Gasteiger partial charge in [-0.25, -0.2) is 9.37 Å². The maximum atomic E-state index is 13.3. The fourth-order valence-corrected chi connectivity index (χ4v) is 2.24. The fraction of sp³-hybridized carbons (Fsp3) is 0. The zero-order chi connectivity index (χ0) is 13.5. The molecular formula is C15H9FN4. The van der Waals surface area contributed by atoms with Crippen LogP contribution in [0.1, 0.15) is 0 Å². The molecule has 96 valence electrons. The van der Waals surface area contributed by atoms with Crippen molar-refractivity contribution in [3.63, 3.8) is 0 Å². The van der Waals surface area contributed by atoms with E-state index < -0.39 is 0 Å². The number of hydrogen-bond acceptors (Lipinski definition) is 3. The van der Waals surface area contributed by atoms with Gasteiger partial charge in [-0.15, -0.1) is 0 Å². The number of nitrogens with zero attached hydrogens (tertiary/aromatic N) is 3. The second-order valence-electron chi connectivity index (χ2n) is 4.56. The Bertz CT molecular complexity index is 929. The van der Waals surface area contributed by atoms with Gasteiger partial charge < -0.3 is 0 Å². The van der Waals surface area contributed by atoms with Crippen LogP contribution in [0.15, 0.2) is 48.8 Å². The summed E-state index contributed by atoms with van der Waals surface area (Å²) in [6.07, 6.45) is 3.39. The Labute approximate surface area is 113 Å². The molecule has 0 bridgehead atoms. The molecule has 0 saturated heterocycles. The third-order valence-electron chi connectivity index (χ3n) is 3.22. The molecule has 4 rings (SSSR count). The number of rotatable bonds is 1. The summed E-state index contributed by atoms with van der Waals surface area (Å²) in [4.78, 5) is 8.93. The van der Waals surface area contributed by atoms with Crippen molar-refractivity contribution < 1.29 is 4.39 Å². The lowest BCUT2D eigenvalue weighted by atomic mass is 10.1. The van der Waals surface area contributed by atoms with Crippen LogP contribution in [0.3, 0.4) is 0 Å². The molecule has 2 heterocycles. The maximum Gasteiger partial charge on any atom is 0.123 e. The summed E-state index contributed by atoms with van der Waals surface area (Å²) in [5.74, 6) is -0.283. The Balaban J connectivity index is 1.95. The highest BCUT2D eigenvalue weighted by Gasteiger charge is 2.06. The van der Waals surface area contributed by atoms with Crippen LogP contribution in [0, 0.1) is 5.82 Å². The molecule has 0 aliphatic rings. The Morgan fingerprint density at radius 3 is 2.85 bits per heavy atom. The molecule has 0 atom stereocenters. The molecule has 0 aliphatic carbocycles. The normalized spacial score (nSPS) is 11.2. The van der Waals surface area contributed by atoms with Gasteiger partial charge in [0, 0.05) is 10.9 Å². The van der Waals surface area contributed by atoms with E-state index in [-0.39, 0.29) is 5.82 Å². The molecule has 2 aromatic heterocycles. The van der Waals surface area contributed by atoms with Crippen molar-refractivity contribution >= 4 is 21.9 Å². The number of aromatic nitrogens is 4. The number of nitrogens with one attached hydrogen (secondary N) is 1. The zero-order valence-electron chi connectivity index (χ0n) is 10.3. The molecule has 0 fully saturated rings. The summed E-state index contributed by atoms with van der Waals surface area (Å²) in [5.41, 5.74) is 3.83. The third kappa shape index (κ3) is 1.72. The van der Waals surface area contributed by atoms with E-state index in [9.17, 15) is 4.39 Å². The summed E-state index contributed by atoms with van der Waals surface area (Å²) in [6, 6.07) is 10.2. The molecule has 20 heavy (non-hydrogen) atoms. The Hall–Kier alpha value is -2.82. The number of hydrogen-bond donors (Lipinski definition) is 1. The SMILES string of the molecule is Fc1cccc(-c2cnc3cc4[nH]ncc4cc3n2)c1. The summed E-state index contributed by atoms with van der Waals surface area (Å²) >= 11 is 0. The second kappa shape index (κ2) is 4.09. The smallest absolute Gasteiger partial charge is 0.123 e. The maximum absolute atomic E-state index is 13.3. The average molecular weight is 264 g/mol. The minimum Gasteiger partial charge on any atom is -0.278 e. The van der Waals surface area contributed by atoms with E-state index in [0.717, 1.165) is 21.9 Å². The predicted molar refractivity (Wildman–Crippen MR) is 74.6 cm³/mol. The van der Waals surface area contributed by atoms with Gasteiger partial charge in [0.15, 0.2) is 0 Å². The van der Waals surface area contributed by atoms with E-state index in [0.29, 0.717) is 11.3 Å². The molecule has 5 heteroatoms. The lowest BCUT2D eigenvalue weighted by Gasteiger charge is -2.03. The average Bonchev–Trinajstić information content (AvgIpc) is 2.91. The van der Waals surface area contributed by atoms with Crippen molar-refractivity contribution in [2.75, 3.05) is 0 Å². The minimum absolute atomic E-state index is 0.283. The number of halogens is 1. The lowest BCUT2D eigenvalue weighted by molar-refractivity contribution is 0.628. The van der Waals surface area contributed by atoms with Gasteiger partial charge in [0.1, 0.15) is 5.82 Å². The van der Waals surface area contributed by atoms with Gasteiger partial charge in [0.05, 0.1) is 34.6 Å². The van der Waals surface area contributed by atoms with E-state index in [2.05, 4.69) is 20.2 Å². The van der Waals surface area contributed by atoms with Crippen molar-refractivity contribution in [2.45, 2.75) is 0 Å². The van der Waals surface area contributed by atoms with E-state index in [1.165, 1.54) is 12.1 Å². The van der Waals surface area contributed by atoms with Gasteiger partial charge in [-0.2, -0.15) is 5.10 Å². The molecule has 0 amide bonds. The van der Waals surface area contributed by atoms with Crippen LogP contribution >= 0.6 is 0 Å². The highest BCUT2D eigenvalue weighted by Crippen LogP contribution is 2.22. The monoisotopic (exact) mass is 264 g/mol. The van der Waals surface area contributed by atoms with Gasteiger partial charge in [-0.05, 0) is 24.3 Å². The Morgan fingerprint density at radius 1 is 1.00 bits per heavy atom. The second-order valence-corrected chi connectivity index (χ2v) is 4.56. The lowest BCUT2D eigenvalue weighted by Crippen LogP contribution is -1.89.